The van der Waals surface area contributed by atoms with Gasteiger partial charge in [0.1, 0.15) is 12.2 Å². The highest BCUT2D eigenvalue weighted by molar-refractivity contribution is 6.33. The van der Waals surface area contributed by atoms with E-state index in [4.69, 9.17) is 11.6 Å². The zero-order valence-corrected chi connectivity index (χ0v) is 10.6. The Bertz CT molecular complexity index is 580. The summed E-state index contributed by atoms with van der Waals surface area (Å²) in [6.45, 7) is 0.234. The minimum atomic E-state index is -4.40. The molecule has 8 heteroatoms. The van der Waals surface area contributed by atoms with E-state index in [1.807, 2.05) is 0 Å². The van der Waals surface area contributed by atoms with Crippen LogP contribution in [0.25, 0.3) is 0 Å². The van der Waals surface area contributed by atoms with Gasteiger partial charge in [-0.25, -0.2) is 4.98 Å². The highest BCUT2D eigenvalue weighted by Gasteiger charge is 2.30. The fourth-order valence-corrected chi connectivity index (χ4v) is 1.68. The van der Waals surface area contributed by atoms with Crippen molar-refractivity contribution >= 4 is 17.3 Å². The summed E-state index contributed by atoms with van der Waals surface area (Å²) in [5, 5.41) is 6.89. The maximum Gasteiger partial charge on any atom is 0.416 e. The third-order valence-electron chi connectivity index (χ3n) is 2.54. The lowest BCUT2D eigenvalue weighted by Crippen LogP contribution is -2.09. The first-order valence-electron chi connectivity index (χ1n) is 5.31. The highest BCUT2D eigenvalue weighted by atomic mass is 35.5. The van der Waals surface area contributed by atoms with Crippen molar-refractivity contribution in [2.45, 2.75) is 12.7 Å². The molecule has 0 saturated carbocycles. The van der Waals surface area contributed by atoms with E-state index in [9.17, 15) is 13.2 Å². The average molecular weight is 291 g/mol. The molecule has 0 atom stereocenters. The third kappa shape index (κ3) is 3.17. The Morgan fingerprint density at radius 3 is 2.68 bits per heavy atom. The number of nitrogens with zero attached hydrogens (tertiary/aromatic N) is 3. The number of alkyl halides is 3. The van der Waals surface area contributed by atoms with Gasteiger partial charge in [0.05, 0.1) is 22.8 Å². The van der Waals surface area contributed by atoms with Gasteiger partial charge in [-0.3, -0.25) is 4.68 Å². The molecule has 0 radical (unpaired) electrons. The van der Waals surface area contributed by atoms with E-state index in [-0.39, 0.29) is 17.3 Å². The van der Waals surface area contributed by atoms with Crippen molar-refractivity contribution in [2.24, 2.45) is 7.05 Å². The fourth-order valence-electron chi connectivity index (χ4n) is 1.49. The summed E-state index contributed by atoms with van der Waals surface area (Å²) in [4.78, 5) is 3.96. The minimum Gasteiger partial charge on any atom is -0.377 e. The van der Waals surface area contributed by atoms with Crippen LogP contribution < -0.4 is 5.32 Å². The van der Waals surface area contributed by atoms with Crippen molar-refractivity contribution in [1.29, 1.82) is 0 Å². The summed E-state index contributed by atoms with van der Waals surface area (Å²) in [5.74, 6) is 0.591. The average Bonchev–Trinajstić information content (AvgIpc) is 2.72. The van der Waals surface area contributed by atoms with Gasteiger partial charge in [0, 0.05) is 7.05 Å². The summed E-state index contributed by atoms with van der Waals surface area (Å²) in [5.41, 5.74) is -0.545. The third-order valence-corrected chi connectivity index (χ3v) is 2.87. The zero-order chi connectivity index (χ0) is 14.0. The van der Waals surface area contributed by atoms with Crippen LogP contribution in [-0.4, -0.2) is 14.8 Å². The lowest BCUT2D eigenvalue weighted by Gasteiger charge is -2.12. The second-order valence-corrected chi connectivity index (χ2v) is 4.25. The Morgan fingerprint density at radius 2 is 2.11 bits per heavy atom. The largest absolute Gasteiger partial charge is 0.416 e. The first kappa shape index (κ1) is 13.7. The molecule has 0 spiro atoms. The number of halogens is 4. The van der Waals surface area contributed by atoms with E-state index in [0.717, 1.165) is 12.1 Å². The van der Waals surface area contributed by atoms with E-state index < -0.39 is 11.7 Å². The number of aryl methyl sites for hydroxylation is 1. The van der Waals surface area contributed by atoms with Crippen LogP contribution >= 0.6 is 11.6 Å². The van der Waals surface area contributed by atoms with Crippen molar-refractivity contribution in [3.05, 3.63) is 40.9 Å². The van der Waals surface area contributed by atoms with Crippen molar-refractivity contribution in [2.75, 3.05) is 5.32 Å². The molecule has 0 amide bonds. The molecule has 0 fully saturated rings. The van der Waals surface area contributed by atoms with Gasteiger partial charge in [-0.15, -0.1) is 0 Å². The van der Waals surface area contributed by atoms with Crippen molar-refractivity contribution < 1.29 is 13.2 Å². The number of rotatable bonds is 3. The van der Waals surface area contributed by atoms with E-state index >= 15 is 0 Å². The fraction of sp³-hybridized carbons (Fsp3) is 0.273. The molecule has 4 nitrogen and oxygen atoms in total. The van der Waals surface area contributed by atoms with Crippen LogP contribution in [-0.2, 0) is 19.8 Å². The van der Waals surface area contributed by atoms with Crippen LogP contribution in [0.4, 0.5) is 18.9 Å². The molecule has 1 N–H and O–H groups in total. The van der Waals surface area contributed by atoms with E-state index in [2.05, 4.69) is 15.4 Å². The molecule has 102 valence electrons. The van der Waals surface area contributed by atoms with Crippen LogP contribution in [0.1, 0.15) is 11.4 Å². The van der Waals surface area contributed by atoms with Gasteiger partial charge in [0.2, 0.25) is 0 Å². The Labute approximate surface area is 112 Å². The molecule has 0 aliphatic heterocycles. The summed E-state index contributed by atoms with van der Waals surface area (Å²) < 4.78 is 39.3. The number of hydrogen-bond acceptors (Lipinski definition) is 3. The highest BCUT2D eigenvalue weighted by Crippen LogP contribution is 2.33. The molecule has 2 aromatic rings. The number of nitrogens with one attached hydrogen (secondary N) is 1. The van der Waals surface area contributed by atoms with Gasteiger partial charge in [0.25, 0.3) is 0 Å². The monoisotopic (exact) mass is 290 g/mol. The van der Waals surface area contributed by atoms with Gasteiger partial charge >= 0.3 is 6.18 Å². The molecule has 1 aromatic heterocycles. The predicted molar refractivity (Wildman–Crippen MR) is 64.8 cm³/mol. The van der Waals surface area contributed by atoms with Crippen LogP contribution in [0, 0.1) is 0 Å². The van der Waals surface area contributed by atoms with E-state index in [1.54, 1.807) is 7.05 Å². The Morgan fingerprint density at radius 1 is 1.37 bits per heavy atom. The molecule has 1 aromatic carbocycles. The molecule has 0 saturated heterocycles. The number of aromatic nitrogens is 3. The molecule has 19 heavy (non-hydrogen) atoms. The van der Waals surface area contributed by atoms with E-state index in [0.29, 0.717) is 5.82 Å². The second-order valence-electron chi connectivity index (χ2n) is 3.85. The SMILES string of the molecule is Cn1ncnc1CNc1cc(C(F)(F)F)ccc1Cl. The molecular formula is C11H10ClF3N4. The molecular weight excluding hydrogens is 281 g/mol. The standard InChI is InChI=1S/C11H10ClF3N4/c1-19-10(17-6-18-19)5-16-9-4-7(11(13,14)15)2-3-8(9)12/h2-4,6,16H,5H2,1H3. The number of anilines is 1. The smallest absolute Gasteiger partial charge is 0.377 e. The van der Waals surface area contributed by atoms with Crippen LogP contribution in [0.15, 0.2) is 24.5 Å². The lowest BCUT2D eigenvalue weighted by molar-refractivity contribution is -0.137. The zero-order valence-electron chi connectivity index (χ0n) is 9.87. The molecule has 0 aliphatic carbocycles. The van der Waals surface area contributed by atoms with Crippen molar-refractivity contribution in [1.82, 2.24) is 14.8 Å². The topological polar surface area (TPSA) is 42.7 Å². The minimum absolute atomic E-state index is 0.208. The molecule has 2 rings (SSSR count). The molecule has 0 aliphatic rings. The molecule has 0 unspecified atom stereocenters. The Balaban J connectivity index is 2.18. The summed E-state index contributed by atoms with van der Waals surface area (Å²) in [6, 6.07) is 3.12. The van der Waals surface area contributed by atoms with Gasteiger partial charge in [-0.05, 0) is 18.2 Å². The normalized spacial score (nSPS) is 11.6. The predicted octanol–water partition coefficient (Wildman–Crippen LogP) is 3.10. The van der Waals surface area contributed by atoms with Crippen LogP contribution in [0.2, 0.25) is 5.02 Å². The summed E-state index contributed by atoms with van der Waals surface area (Å²) in [6.07, 6.45) is -3.03. The quantitative estimate of drug-likeness (QED) is 0.944. The van der Waals surface area contributed by atoms with Crippen molar-refractivity contribution in [3.8, 4) is 0 Å². The molecule has 0 bridgehead atoms. The summed E-state index contributed by atoms with van der Waals surface area (Å²) in [7, 11) is 1.69. The summed E-state index contributed by atoms with van der Waals surface area (Å²) >= 11 is 5.85. The lowest BCUT2D eigenvalue weighted by atomic mass is 10.2. The number of benzene rings is 1. The van der Waals surface area contributed by atoms with Crippen molar-refractivity contribution in [3.63, 3.8) is 0 Å². The van der Waals surface area contributed by atoms with Gasteiger partial charge in [-0.2, -0.15) is 18.3 Å². The van der Waals surface area contributed by atoms with E-state index in [1.165, 1.54) is 17.1 Å². The van der Waals surface area contributed by atoms with Crippen LogP contribution in [0.5, 0.6) is 0 Å². The van der Waals surface area contributed by atoms with Gasteiger partial charge in [-0.1, -0.05) is 11.6 Å². The maximum atomic E-state index is 12.6. The Hall–Kier alpha value is -1.76. The first-order chi connectivity index (χ1) is 8.88. The Kier molecular flexibility index (Phi) is 3.66. The number of hydrogen-bond donors (Lipinski definition) is 1. The molecule has 1 heterocycles. The van der Waals surface area contributed by atoms with Gasteiger partial charge < -0.3 is 5.32 Å². The second kappa shape index (κ2) is 5.08. The maximum absolute atomic E-state index is 12.6. The first-order valence-corrected chi connectivity index (χ1v) is 5.69. The van der Waals surface area contributed by atoms with Crippen LogP contribution in [0.3, 0.4) is 0 Å². The van der Waals surface area contributed by atoms with Gasteiger partial charge in [0.15, 0.2) is 0 Å².